The Morgan fingerprint density at radius 2 is 1.21 bits per heavy atom. The van der Waals surface area contributed by atoms with Gasteiger partial charge in [-0.05, 0) is 130 Å². The van der Waals surface area contributed by atoms with Gasteiger partial charge in [-0.25, -0.2) is 0 Å². The van der Waals surface area contributed by atoms with E-state index in [9.17, 15) is 0 Å². The van der Waals surface area contributed by atoms with Crippen LogP contribution in [-0.4, -0.2) is 16.8 Å². The Balaban J connectivity index is 1.31. The highest BCUT2D eigenvalue weighted by Crippen LogP contribution is 2.63. The molecule has 1 saturated carbocycles. The molecule has 0 spiro atoms. The third kappa shape index (κ3) is 4.88. The van der Waals surface area contributed by atoms with E-state index in [0.717, 1.165) is 0 Å². The summed E-state index contributed by atoms with van der Waals surface area (Å²) in [6.07, 6.45) is 4.89. The fourth-order valence-corrected chi connectivity index (χ4v) is 13.4. The second kappa shape index (κ2) is 12.4. The average Bonchev–Trinajstić information content (AvgIpc) is 3.79. The van der Waals surface area contributed by atoms with Crippen molar-refractivity contribution in [3.63, 3.8) is 0 Å². The fourth-order valence-electron chi connectivity index (χ4n) is 13.4. The number of aromatic nitrogens is 1. The van der Waals surface area contributed by atoms with E-state index in [4.69, 9.17) is 0 Å². The molecule has 12 rings (SSSR count). The van der Waals surface area contributed by atoms with Crippen LogP contribution in [0.5, 0.6) is 0 Å². The summed E-state index contributed by atoms with van der Waals surface area (Å²) in [6, 6.07) is 43.0. The number of nitrogens with zero attached hydrogens (tertiary/aromatic N) is 3. The lowest BCUT2D eigenvalue weighted by Gasteiger charge is -2.52. The third-order valence-electron chi connectivity index (χ3n) is 17.0. The van der Waals surface area contributed by atoms with Crippen molar-refractivity contribution in [3.8, 4) is 16.9 Å². The summed E-state index contributed by atoms with van der Waals surface area (Å²) in [7, 11) is 0. The number of para-hydroxylation sites is 2. The Morgan fingerprint density at radius 3 is 1.87 bits per heavy atom. The van der Waals surface area contributed by atoms with Gasteiger partial charge in [-0.2, -0.15) is 0 Å². The van der Waals surface area contributed by atoms with Gasteiger partial charge >= 0.3 is 0 Å². The summed E-state index contributed by atoms with van der Waals surface area (Å²) < 4.78 is 2.77. The SMILES string of the molecule is Cc1ccccc1N(c1cc2c3c(c1)-n1c4c(c5cc(C(C)(C)C)cc(c51)B3c1cc(C(C)(C)C)cc3c1N2C1(C)CCCCC31C)C(C)(C)c1ccccc1-4)c1ccccc1C. The zero-order valence-corrected chi connectivity index (χ0v) is 39.6. The standard InChI is InChI=1S/C59H62BN3/c1-35-21-13-17-25-46(35)61(47-26-18-14-22-36(47)2)39-33-48-51-49(34-39)63-54-43(58(11)27-19-20-28-59(58,63)12)30-38(56(6,7)8)32-45(54)60(51)44-31-37(55(3,4)5)29-41-50-53(62(48)52(41)44)40-23-15-16-24-42(40)57(50,9)10/h13-18,21-26,29-34H,19-20,27-28H2,1-12H3. The predicted molar refractivity (Wildman–Crippen MR) is 270 cm³/mol. The first-order valence-electron chi connectivity index (χ1n) is 23.8. The molecule has 2 unspecified atom stereocenters. The van der Waals surface area contributed by atoms with Crippen molar-refractivity contribution in [3.05, 3.63) is 148 Å². The molecule has 0 radical (unpaired) electrons. The Kier molecular flexibility index (Phi) is 7.71. The molecule has 4 heterocycles. The van der Waals surface area contributed by atoms with Crippen LogP contribution in [0.4, 0.5) is 28.4 Å². The molecule has 0 N–H and O–H groups in total. The lowest BCUT2D eigenvalue weighted by molar-refractivity contribution is 0.195. The number of rotatable bonds is 3. The van der Waals surface area contributed by atoms with Crippen molar-refractivity contribution in [2.45, 2.75) is 136 Å². The van der Waals surface area contributed by atoms with Crippen LogP contribution >= 0.6 is 0 Å². The van der Waals surface area contributed by atoms with Crippen molar-refractivity contribution < 1.29 is 0 Å². The van der Waals surface area contributed by atoms with Crippen molar-refractivity contribution in [2.75, 3.05) is 9.80 Å². The van der Waals surface area contributed by atoms with Crippen LogP contribution < -0.4 is 26.2 Å². The van der Waals surface area contributed by atoms with Gasteiger partial charge in [-0.15, -0.1) is 0 Å². The lowest BCUT2D eigenvalue weighted by atomic mass is 9.33. The maximum Gasteiger partial charge on any atom is 0.252 e. The average molecular weight is 824 g/mol. The lowest BCUT2D eigenvalue weighted by Crippen LogP contribution is -2.64. The number of benzene rings is 6. The Morgan fingerprint density at radius 1 is 0.619 bits per heavy atom. The van der Waals surface area contributed by atoms with Crippen LogP contribution in [0.1, 0.15) is 134 Å². The molecule has 3 nitrogen and oxygen atoms in total. The molecular weight excluding hydrogens is 761 g/mol. The Labute approximate surface area is 376 Å². The van der Waals surface area contributed by atoms with Crippen LogP contribution in [0.3, 0.4) is 0 Å². The summed E-state index contributed by atoms with van der Waals surface area (Å²) >= 11 is 0. The van der Waals surface area contributed by atoms with Crippen LogP contribution in [-0.2, 0) is 21.7 Å². The van der Waals surface area contributed by atoms with Crippen molar-refractivity contribution in [2.24, 2.45) is 0 Å². The first kappa shape index (κ1) is 39.1. The van der Waals surface area contributed by atoms with Gasteiger partial charge in [-0.1, -0.05) is 154 Å². The first-order chi connectivity index (χ1) is 29.9. The Bertz CT molecular complexity index is 3100. The molecule has 7 aromatic rings. The maximum atomic E-state index is 2.92. The summed E-state index contributed by atoms with van der Waals surface area (Å²) in [5, 5.41) is 1.42. The second-order valence-corrected chi connectivity index (χ2v) is 23.0. The van der Waals surface area contributed by atoms with Gasteiger partial charge in [0.15, 0.2) is 0 Å². The van der Waals surface area contributed by atoms with Crippen molar-refractivity contribution in [1.29, 1.82) is 0 Å². The number of anilines is 5. The second-order valence-electron chi connectivity index (χ2n) is 23.0. The molecule has 1 aromatic heterocycles. The van der Waals surface area contributed by atoms with E-state index < -0.39 is 0 Å². The summed E-state index contributed by atoms with van der Waals surface area (Å²) in [6.45, 7) is 29.3. The number of hydrogen-bond donors (Lipinski definition) is 0. The number of hydrogen-bond acceptors (Lipinski definition) is 2. The summed E-state index contributed by atoms with van der Waals surface area (Å²) in [5.41, 5.74) is 26.0. The van der Waals surface area contributed by atoms with Crippen LogP contribution in [0.15, 0.2) is 109 Å². The highest BCUT2D eigenvalue weighted by Gasteiger charge is 2.62. The minimum atomic E-state index is -0.169. The number of aryl methyl sites for hydroxylation is 2. The third-order valence-corrected chi connectivity index (χ3v) is 17.0. The van der Waals surface area contributed by atoms with E-state index in [2.05, 4.69) is 207 Å². The fraction of sp³-hybridized carbons (Fsp3) is 0.356. The van der Waals surface area contributed by atoms with Gasteiger partial charge in [-0.3, -0.25) is 0 Å². The molecule has 6 aromatic carbocycles. The van der Waals surface area contributed by atoms with E-state index in [-0.39, 0.29) is 33.9 Å². The quantitative estimate of drug-likeness (QED) is 0.164. The smallest absolute Gasteiger partial charge is 0.252 e. The number of fused-ring (bicyclic) bond motifs is 12. The molecule has 3 aliphatic heterocycles. The van der Waals surface area contributed by atoms with Gasteiger partial charge in [0.05, 0.1) is 16.9 Å². The van der Waals surface area contributed by atoms with E-state index in [0.29, 0.717) is 0 Å². The maximum absolute atomic E-state index is 2.92. The van der Waals surface area contributed by atoms with Crippen LogP contribution in [0.25, 0.3) is 27.8 Å². The molecule has 2 atom stereocenters. The molecule has 0 amide bonds. The predicted octanol–water partition coefficient (Wildman–Crippen LogP) is 13.5. The summed E-state index contributed by atoms with van der Waals surface area (Å²) in [5.74, 6) is 0. The largest absolute Gasteiger partial charge is 0.335 e. The summed E-state index contributed by atoms with van der Waals surface area (Å²) in [4.78, 5) is 5.50. The topological polar surface area (TPSA) is 11.4 Å². The molecule has 4 heteroatoms. The van der Waals surface area contributed by atoms with Gasteiger partial charge in [0, 0.05) is 55.7 Å². The normalized spacial score (nSPS) is 21.0. The molecular formula is C59H62BN3. The zero-order chi connectivity index (χ0) is 43.9. The zero-order valence-electron chi connectivity index (χ0n) is 39.6. The molecule has 0 saturated heterocycles. The van der Waals surface area contributed by atoms with Gasteiger partial charge in [0.25, 0.3) is 6.71 Å². The first-order valence-corrected chi connectivity index (χ1v) is 23.8. The highest BCUT2D eigenvalue weighted by molar-refractivity contribution is 7.00. The van der Waals surface area contributed by atoms with Gasteiger partial charge < -0.3 is 14.4 Å². The van der Waals surface area contributed by atoms with Crippen LogP contribution in [0, 0.1) is 13.8 Å². The molecule has 0 bridgehead atoms. The van der Waals surface area contributed by atoms with Gasteiger partial charge in [0.1, 0.15) is 0 Å². The molecule has 5 aliphatic rings. The molecule has 1 fully saturated rings. The van der Waals surface area contributed by atoms with Gasteiger partial charge in [0.2, 0.25) is 0 Å². The Hall–Kier alpha value is -5.48. The van der Waals surface area contributed by atoms with Crippen molar-refractivity contribution in [1.82, 2.24) is 4.57 Å². The van der Waals surface area contributed by atoms with E-state index in [1.165, 1.54) is 132 Å². The van der Waals surface area contributed by atoms with Crippen molar-refractivity contribution >= 4 is 62.4 Å². The van der Waals surface area contributed by atoms with E-state index in [1.807, 2.05) is 0 Å². The van der Waals surface area contributed by atoms with Crippen LogP contribution in [0.2, 0.25) is 0 Å². The monoisotopic (exact) mass is 824 g/mol. The van der Waals surface area contributed by atoms with E-state index >= 15 is 0 Å². The molecule has 63 heavy (non-hydrogen) atoms. The van der Waals surface area contributed by atoms with E-state index in [1.54, 1.807) is 5.56 Å². The highest BCUT2D eigenvalue weighted by atomic mass is 15.3. The molecule has 316 valence electrons. The minimum Gasteiger partial charge on any atom is -0.335 e. The minimum absolute atomic E-state index is 0.000810. The molecule has 2 aliphatic carbocycles.